The molecule has 0 aliphatic carbocycles. The lowest BCUT2D eigenvalue weighted by Gasteiger charge is -2.08. The molecule has 2 aromatic carbocycles. The van der Waals surface area contributed by atoms with Gasteiger partial charge in [0, 0.05) is 19.0 Å². The van der Waals surface area contributed by atoms with Crippen LogP contribution >= 0.6 is 0 Å². The van der Waals surface area contributed by atoms with Crippen LogP contribution in [-0.2, 0) is 14.8 Å². The lowest BCUT2D eigenvalue weighted by Crippen LogP contribution is -2.28. The minimum absolute atomic E-state index is 0.255. The van der Waals surface area contributed by atoms with Crippen molar-refractivity contribution >= 4 is 21.6 Å². The number of carbonyl (C=O) groups is 1. The molecule has 0 heterocycles. The van der Waals surface area contributed by atoms with Gasteiger partial charge in [0.2, 0.25) is 15.9 Å². The maximum Gasteiger partial charge on any atom is 0.240 e. The van der Waals surface area contributed by atoms with Crippen LogP contribution in [0.15, 0.2) is 41.3 Å². The summed E-state index contributed by atoms with van der Waals surface area (Å²) in [5.41, 5.74) is -0.255. The van der Waals surface area contributed by atoms with E-state index in [4.69, 9.17) is 0 Å². The van der Waals surface area contributed by atoms with E-state index >= 15 is 0 Å². The molecule has 134 valence electrons. The molecule has 0 atom stereocenters. The number of nitrogens with one attached hydrogen (secondary N) is 2. The van der Waals surface area contributed by atoms with Crippen LogP contribution in [0.5, 0.6) is 0 Å². The van der Waals surface area contributed by atoms with Gasteiger partial charge >= 0.3 is 0 Å². The Labute approximate surface area is 140 Å². The Balaban J connectivity index is 1.92. The molecule has 0 unspecified atom stereocenters. The minimum Gasteiger partial charge on any atom is -0.324 e. The molecular formula is C15H12F4N2O3S. The van der Waals surface area contributed by atoms with E-state index in [9.17, 15) is 30.8 Å². The largest absolute Gasteiger partial charge is 0.324 e. The fourth-order valence-electron chi connectivity index (χ4n) is 1.83. The van der Waals surface area contributed by atoms with Crippen LogP contribution in [0.25, 0.3) is 0 Å². The van der Waals surface area contributed by atoms with Gasteiger partial charge in [0.05, 0.1) is 10.6 Å². The van der Waals surface area contributed by atoms with Crippen LogP contribution in [0.1, 0.15) is 6.42 Å². The van der Waals surface area contributed by atoms with Crippen LogP contribution in [-0.4, -0.2) is 20.9 Å². The zero-order chi connectivity index (χ0) is 18.6. The van der Waals surface area contributed by atoms with Crippen LogP contribution < -0.4 is 10.0 Å². The first kappa shape index (κ1) is 18.9. The number of sulfonamides is 1. The summed E-state index contributed by atoms with van der Waals surface area (Å²) in [5.74, 6) is -5.03. The second kappa shape index (κ2) is 7.62. The van der Waals surface area contributed by atoms with E-state index in [-0.39, 0.29) is 18.7 Å². The fraction of sp³-hybridized carbons (Fsp3) is 0.133. The maximum absolute atomic E-state index is 13.4. The van der Waals surface area contributed by atoms with Gasteiger partial charge in [0.25, 0.3) is 0 Å². The summed E-state index contributed by atoms with van der Waals surface area (Å²) >= 11 is 0. The molecule has 0 radical (unpaired) electrons. The first-order valence-electron chi connectivity index (χ1n) is 6.88. The number of carbonyl (C=O) groups excluding carboxylic acids is 1. The normalized spacial score (nSPS) is 11.4. The first-order valence-corrected chi connectivity index (χ1v) is 8.37. The number of hydrogen-bond acceptors (Lipinski definition) is 3. The van der Waals surface area contributed by atoms with Crippen LogP contribution in [0.3, 0.4) is 0 Å². The highest BCUT2D eigenvalue weighted by Gasteiger charge is 2.17. The zero-order valence-corrected chi connectivity index (χ0v) is 13.3. The Morgan fingerprint density at radius 3 is 2.28 bits per heavy atom. The molecule has 2 N–H and O–H groups in total. The molecule has 1 amide bonds. The third kappa shape index (κ3) is 5.00. The number of amides is 1. The van der Waals surface area contributed by atoms with Crippen molar-refractivity contribution in [3.8, 4) is 0 Å². The SMILES string of the molecule is O=C(CCNS(=O)(=O)c1ccc(F)c(F)c1)Nc1ccc(F)cc1F. The molecule has 5 nitrogen and oxygen atoms in total. The number of rotatable bonds is 6. The Morgan fingerprint density at radius 1 is 0.920 bits per heavy atom. The Kier molecular flexibility index (Phi) is 5.75. The summed E-state index contributed by atoms with van der Waals surface area (Å²) in [6.07, 6.45) is -0.361. The summed E-state index contributed by atoms with van der Waals surface area (Å²) in [6, 6.07) is 4.59. The van der Waals surface area contributed by atoms with E-state index in [1.165, 1.54) is 0 Å². The first-order chi connectivity index (χ1) is 11.7. The average Bonchev–Trinajstić information content (AvgIpc) is 2.52. The third-order valence-corrected chi connectivity index (χ3v) is 4.51. The topological polar surface area (TPSA) is 75.3 Å². The van der Waals surface area contributed by atoms with E-state index in [1.54, 1.807) is 0 Å². The van der Waals surface area contributed by atoms with Gasteiger partial charge in [0.15, 0.2) is 11.6 Å². The van der Waals surface area contributed by atoms with Gasteiger partial charge in [-0.2, -0.15) is 0 Å². The Hall–Kier alpha value is -2.46. The second-order valence-corrected chi connectivity index (χ2v) is 6.66. The van der Waals surface area contributed by atoms with Crippen molar-refractivity contribution in [1.29, 1.82) is 0 Å². The number of halogens is 4. The van der Waals surface area contributed by atoms with Gasteiger partial charge in [-0.05, 0) is 30.3 Å². The molecule has 2 rings (SSSR count). The molecule has 0 aliphatic rings. The van der Waals surface area contributed by atoms with Crippen LogP contribution in [0.2, 0.25) is 0 Å². The summed E-state index contributed by atoms with van der Waals surface area (Å²) < 4.78 is 77.8. The standard InChI is InChI=1S/C15H12F4N2O3S/c16-9-1-4-14(13(19)7-9)21-15(22)5-6-20-25(23,24)10-2-3-11(17)12(18)8-10/h1-4,7-8,20H,5-6H2,(H,21,22). The summed E-state index contributed by atoms with van der Waals surface area (Å²) in [4.78, 5) is 11.2. The molecule has 10 heteroatoms. The third-order valence-electron chi connectivity index (χ3n) is 3.05. The monoisotopic (exact) mass is 376 g/mol. The number of anilines is 1. The minimum atomic E-state index is -4.14. The molecule has 25 heavy (non-hydrogen) atoms. The maximum atomic E-state index is 13.4. The summed E-state index contributed by atoms with van der Waals surface area (Å²) in [5, 5.41) is 2.16. The second-order valence-electron chi connectivity index (χ2n) is 4.90. The highest BCUT2D eigenvalue weighted by atomic mass is 32.2. The quantitative estimate of drug-likeness (QED) is 0.761. The fourth-order valence-corrected chi connectivity index (χ4v) is 2.87. The smallest absolute Gasteiger partial charge is 0.240 e. The van der Waals surface area contributed by atoms with Crippen molar-refractivity contribution in [2.45, 2.75) is 11.3 Å². The predicted octanol–water partition coefficient (Wildman–Crippen LogP) is 2.55. The molecule has 0 saturated heterocycles. The van der Waals surface area contributed by atoms with E-state index < -0.39 is 44.1 Å². The molecule has 2 aromatic rings. The highest BCUT2D eigenvalue weighted by molar-refractivity contribution is 7.89. The lowest BCUT2D eigenvalue weighted by atomic mass is 10.3. The van der Waals surface area contributed by atoms with Crippen molar-refractivity contribution in [1.82, 2.24) is 4.72 Å². The van der Waals surface area contributed by atoms with Crippen molar-refractivity contribution in [2.24, 2.45) is 0 Å². The van der Waals surface area contributed by atoms with Crippen molar-refractivity contribution < 1.29 is 30.8 Å². The Bertz CT molecular complexity index is 904. The molecular weight excluding hydrogens is 364 g/mol. The molecule has 0 fully saturated rings. The predicted molar refractivity (Wildman–Crippen MR) is 81.2 cm³/mol. The zero-order valence-electron chi connectivity index (χ0n) is 12.5. The molecule has 0 spiro atoms. The van der Waals surface area contributed by atoms with E-state index in [1.807, 2.05) is 4.72 Å². The van der Waals surface area contributed by atoms with Gasteiger partial charge in [-0.15, -0.1) is 0 Å². The van der Waals surface area contributed by atoms with Gasteiger partial charge in [-0.3, -0.25) is 4.79 Å². The van der Waals surface area contributed by atoms with E-state index in [2.05, 4.69) is 5.32 Å². The molecule has 0 bridgehead atoms. The number of benzene rings is 2. The van der Waals surface area contributed by atoms with E-state index in [0.29, 0.717) is 18.2 Å². The summed E-state index contributed by atoms with van der Waals surface area (Å²) in [7, 11) is -4.14. The lowest BCUT2D eigenvalue weighted by molar-refractivity contribution is -0.116. The molecule has 0 aromatic heterocycles. The highest BCUT2D eigenvalue weighted by Crippen LogP contribution is 2.15. The number of hydrogen-bond donors (Lipinski definition) is 2. The van der Waals surface area contributed by atoms with Crippen LogP contribution in [0.4, 0.5) is 23.2 Å². The summed E-state index contributed by atoms with van der Waals surface area (Å²) in [6.45, 7) is -0.365. The molecule has 0 aliphatic heterocycles. The Morgan fingerprint density at radius 2 is 1.64 bits per heavy atom. The van der Waals surface area contributed by atoms with Crippen LogP contribution in [0, 0.1) is 23.3 Å². The van der Waals surface area contributed by atoms with Gasteiger partial charge in [-0.1, -0.05) is 0 Å². The van der Waals surface area contributed by atoms with Gasteiger partial charge in [-0.25, -0.2) is 30.7 Å². The van der Waals surface area contributed by atoms with Crippen molar-refractivity contribution in [3.05, 3.63) is 59.7 Å². The van der Waals surface area contributed by atoms with Crippen molar-refractivity contribution in [2.75, 3.05) is 11.9 Å². The van der Waals surface area contributed by atoms with Gasteiger partial charge in [0.1, 0.15) is 11.6 Å². The van der Waals surface area contributed by atoms with Gasteiger partial charge < -0.3 is 5.32 Å². The molecule has 0 saturated carbocycles. The average molecular weight is 376 g/mol. The van der Waals surface area contributed by atoms with E-state index in [0.717, 1.165) is 18.2 Å². The van der Waals surface area contributed by atoms with Crippen molar-refractivity contribution in [3.63, 3.8) is 0 Å².